The molecule has 1 aliphatic rings. The van der Waals surface area contributed by atoms with Crippen LogP contribution in [0, 0.1) is 0 Å². The van der Waals surface area contributed by atoms with Gasteiger partial charge in [-0.05, 0) is 17.7 Å². The van der Waals surface area contributed by atoms with Crippen LogP contribution in [0.25, 0.3) is 0 Å². The summed E-state index contributed by atoms with van der Waals surface area (Å²) in [4.78, 5) is 10.5. The zero-order chi connectivity index (χ0) is 15.2. The van der Waals surface area contributed by atoms with E-state index in [1.54, 1.807) is 0 Å². The number of ether oxygens (including phenoxy) is 3. The van der Waals surface area contributed by atoms with Crippen LogP contribution in [0.15, 0.2) is 42.5 Å². The van der Waals surface area contributed by atoms with Crippen molar-refractivity contribution >= 4 is 6.41 Å². The highest BCUT2D eigenvalue weighted by Crippen LogP contribution is 2.42. The summed E-state index contributed by atoms with van der Waals surface area (Å²) in [5, 5.41) is 2.64. The van der Waals surface area contributed by atoms with E-state index in [4.69, 9.17) is 14.2 Å². The van der Waals surface area contributed by atoms with Gasteiger partial charge in [-0.1, -0.05) is 30.3 Å². The van der Waals surface area contributed by atoms with Gasteiger partial charge in [-0.25, -0.2) is 0 Å². The number of carbonyl (C=O) groups is 1. The van der Waals surface area contributed by atoms with E-state index in [-0.39, 0.29) is 0 Å². The largest absolute Gasteiger partial charge is 0.486 e. The van der Waals surface area contributed by atoms with Gasteiger partial charge >= 0.3 is 0 Å². The summed E-state index contributed by atoms with van der Waals surface area (Å²) < 4.78 is 17.2. The van der Waals surface area contributed by atoms with E-state index in [1.807, 2.05) is 42.5 Å². The van der Waals surface area contributed by atoms with Gasteiger partial charge in [-0.15, -0.1) is 0 Å². The molecular formula is C17H17NO4. The number of rotatable bonds is 6. The second-order valence-corrected chi connectivity index (χ2v) is 4.85. The first-order chi connectivity index (χ1) is 10.9. The number of nitrogens with one attached hydrogen (secondary N) is 1. The molecule has 22 heavy (non-hydrogen) atoms. The van der Waals surface area contributed by atoms with E-state index in [0.717, 1.165) is 11.1 Å². The van der Waals surface area contributed by atoms with Crippen LogP contribution < -0.4 is 19.5 Å². The van der Waals surface area contributed by atoms with Gasteiger partial charge in [0.15, 0.2) is 11.5 Å². The third-order valence-corrected chi connectivity index (χ3v) is 3.35. The first-order valence-corrected chi connectivity index (χ1v) is 7.13. The molecule has 5 heteroatoms. The molecule has 5 nitrogen and oxygen atoms in total. The molecule has 0 aliphatic carbocycles. The van der Waals surface area contributed by atoms with E-state index in [0.29, 0.717) is 50.0 Å². The average Bonchev–Trinajstić information content (AvgIpc) is 2.59. The average molecular weight is 299 g/mol. The Morgan fingerprint density at radius 1 is 1.05 bits per heavy atom. The molecule has 0 saturated carbocycles. The van der Waals surface area contributed by atoms with Gasteiger partial charge in [0, 0.05) is 12.1 Å². The van der Waals surface area contributed by atoms with Gasteiger partial charge in [-0.2, -0.15) is 0 Å². The molecule has 0 unspecified atom stereocenters. The van der Waals surface area contributed by atoms with Crippen molar-refractivity contribution in [2.24, 2.45) is 0 Å². The smallest absolute Gasteiger partial charge is 0.207 e. The number of hydrogen-bond donors (Lipinski definition) is 1. The molecule has 1 amide bonds. The van der Waals surface area contributed by atoms with Crippen molar-refractivity contribution in [1.82, 2.24) is 5.32 Å². The van der Waals surface area contributed by atoms with E-state index >= 15 is 0 Å². The lowest BCUT2D eigenvalue weighted by Crippen LogP contribution is -2.19. The molecule has 1 aliphatic heterocycles. The summed E-state index contributed by atoms with van der Waals surface area (Å²) in [6.07, 6.45) is 0.663. The van der Waals surface area contributed by atoms with Gasteiger partial charge in [0.2, 0.25) is 12.2 Å². The molecule has 2 aromatic carbocycles. The molecule has 3 rings (SSSR count). The second-order valence-electron chi connectivity index (χ2n) is 4.85. The van der Waals surface area contributed by atoms with Crippen LogP contribution >= 0.6 is 0 Å². The van der Waals surface area contributed by atoms with Crippen molar-refractivity contribution in [2.45, 2.75) is 13.2 Å². The first-order valence-electron chi connectivity index (χ1n) is 7.13. The van der Waals surface area contributed by atoms with Crippen molar-refractivity contribution in [3.8, 4) is 17.2 Å². The standard InChI is InChI=1S/C17H17NO4/c19-12-18-10-14-6-7-15(17-16(14)20-8-9-21-17)22-11-13-4-2-1-3-5-13/h1-7,12H,8-11H2,(H,18,19). The maximum atomic E-state index is 10.5. The third kappa shape index (κ3) is 3.14. The summed E-state index contributed by atoms with van der Waals surface area (Å²) in [5.74, 6) is 1.90. The predicted octanol–water partition coefficient (Wildman–Crippen LogP) is 2.28. The highest BCUT2D eigenvalue weighted by molar-refractivity contribution is 5.57. The van der Waals surface area contributed by atoms with Crippen LogP contribution in [0.4, 0.5) is 0 Å². The van der Waals surface area contributed by atoms with E-state index in [1.165, 1.54) is 0 Å². The lowest BCUT2D eigenvalue weighted by molar-refractivity contribution is -0.109. The molecule has 0 atom stereocenters. The Labute approximate surface area is 128 Å². The van der Waals surface area contributed by atoms with Gasteiger partial charge in [0.05, 0.1) is 0 Å². The third-order valence-electron chi connectivity index (χ3n) is 3.35. The van der Waals surface area contributed by atoms with E-state index in [2.05, 4.69) is 5.32 Å². The summed E-state index contributed by atoms with van der Waals surface area (Å²) >= 11 is 0. The molecule has 2 aromatic rings. The fourth-order valence-corrected chi connectivity index (χ4v) is 2.31. The molecule has 1 N–H and O–H groups in total. The summed E-state index contributed by atoms with van der Waals surface area (Å²) in [6.45, 7) is 1.83. The lowest BCUT2D eigenvalue weighted by Gasteiger charge is -2.23. The van der Waals surface area contributed by atoms with Gasteiger partial charge < -0.3 is 19.5 Å². The monoisotopic (exact) mass is 299 g/mol. The van der Waals surface area contributed by atoms with Crippen molar-refractivity contribution in [2.75, 3.05) is 13.2 Å². The highest BCUT2D eigenvalue weighted by atomic mass is 16.6. The van der Waals surface area contributed by atoms with Crippen molar-refractivity contribution in [1.29, 1.82) is 0 Å². The van der Waals surface area contributed by atoms with E-state index in [9.17, 15) is 4.79 Å². The molecule has 0 bridgehead atoms. The molecule has 0 aromatic heterocycles. The summed E-state index contributed by atoms with van der Waals surface area (Å²) in [5.41, 5.74) is 1.95. The number of amides is 1. The molecule has 0 saturated heterocycles. The van der Waals surface area contributed by atoms with Crippen LogP contribution in [0.2, 0.25) is 0 Å². The predicted molar refractivity (Wildman–Crippen MR) is 81.1 cm³/mol. The molecule has 114 valence electrons. The Hall–Kier alpha value is -2.69. The zero-order valence-electron chi connectivity index (χ0n) is 12.1. The molecule has 0 spiro atoms. The van der Waals surface area contributed by atoms with Crippen molar-refractivity contribution < 1.29 is 19.0 Å². The van der Waals surface area contributed by atoms with E-state index < -0.39 is 0 Å². The minimum absolute atomic E-state index is 0.397. The Balaban J connectivity index is 1.80. The summed E-state index contributed by atoms with van der Waals surface area (Å²) in [6, 6.07) is 13.7. The SMILES string of the molecule is O=CNCc1ccc(OCc2ccccc2)c2c1OCCO2. The van der Waals surface area contributed by atoms with Crippen LogP contribution in [0.5, 0.6) is 17.2 Å². The topological polar surface area (TPSA) is 56.8 Å². The Kier molecular flexibility index (Phi) is 4.44. The molecule has 0 radical (unpaired) electrons. The van der Waals surface area contributed by atoms with Crippen molar-refractivity contribution in [3.05, 3.63) is 53.6 Å². The molecule has 1 heterocycles. The van der Waals surface area contributed by atoms with Crippen LogP contribution in [-0.2, 0) is 17.9 Å². The number of hydrogen-bond acceptors (Lipinski definition) is 4. The van der Waals surface area contributed by atoms with Gasteiger partial charge in [-0.3, -0.25) is 4.79 Å². The van der Waals surface area contributed by atoms with Gasteiger partial charge in [0.25, 0.3) is 0 Å². The first kappa shape index (κ1) is 14.3. The van der Waals surface area contributed by atoms with Crippen molar-refractivity contribution in [3.63, 3.8) is 0 Å². The van der Waals surface area contributed by atoms with Crippen LogP contribution in [0.1, 0.15) is 11.1 Å². The summed E-state index contributed by atoms with van der Waals surface area (Å²) in [7, 11) is 0. The fourth-order valence-electron chi connectivity index (χ4n) is 2.31. The molecular weight excluding hydrogens is 282 g/mol. The number of benzene rings is 2. The Morgan fingerprint density at radius 3 is 2.59 bits per heavy atom. The molecule has 0 fully saturated rings. The number of carbonyl (C=O) groups excluding carboxylic acids is 1. The fraction of sp³-hybridized carbons (Fsp3) is 0.235. The van der Waals surface area contributed by atoms with Gasteiger partial charge in [0.1, 0.15) is 19.8 Å². The van der Waals surface area contributed by atoms with Crippen LogP contribution in [0.3, 0.4) is 0 Å². The maximum absolute atomic E-state index is 10.5. The lowest BCUT2D eigenvalue weighted by atomic mass is 10.1. The minimum Gasteiger partial charge on any atom is -0.486 e. The second kappa shape index (κ2) is 6.85. The number of fused-ring (bicyclic) bond motifs is 1. The maximum Gasteiger partial charge on any atom is 0.207 e. The normalized spacial score (nSPS) is 12.5. The van der Waals surface area contributed by atoms with Crippen LogP contribution in [-0.4, -0.2) is 19.6 Å². The Morgan fingerprint density at radius 2 is 1.82 bits per heavy atom. The highest BCUT2D eigenvalue weighted by Gasteiger charge is 2.21. The Bertz CT molecular complexity index is 643. The quantitative estimate of drug-likeness (QED) is 0.831. The zero-order valence-corrected chi connectivity index (χ0v) is 12.1. The minimum atomic E-state index is 0.397.